The Balaban J connectivity index is 1.31. The van der Waals surface area contributed by atoms with Gasteiger partial charge in [-0.1, -0.05) is 49.1 Å². The molecule has 8 heteroatoms. The fraction of sp³-hybridized carbons (Fsp3) is 0.333. The number of carbonyl (C=O) groups excluding carboxylic acids is 1. The number of nitrogens with zero attached hydrogens (tertiary/aromatic N) is 1. The zero-order valence-electron chi connectivity index (χ0n) is 21.5. The number of halogens is 2. The molecule has 0 saturated heterocycles. The van der Waals surface area contributed by atoms with Gasteiger partial charge >= 0.3 is 0 Å². The Morgan fingerprint density at radius 1 is 1.13 bits per heavy atom. The third-order valence-electron chi connectivity index (χ3n) is 7.50. The first-order valence-corrected chi connectivity index (χ1v) is 13.5. The summed E-state index contributed by atoms with van der Waals surface area (Å²) < 4.78 is 20.6. The lowest BCUT2D eigenvalue weighted by Crippen LogP contribution is -2.25. The first kappa shape index (κ1) is 24.7. The fourth-order valence-electron chi connectivity index (χ4n) is 5.66. The molecule has 6 nitrogen and oxygen atoms in total. The molecule has 0 radical (unpaired) electrons. The Labute approximate surface area is 226 Å². The van der Waals surface area contributed by atoms with E-state index in [1.54, 1.807) is 18.2 Å². The average molecular weight is 533 g/mol. The summed E-state index contributed by atoms with van der Waals surface area (Å²) in [4.78, 5) is 21.3. The molecule has 3 N–H and O–H groups in total. The third kappa shape index (κ3) is 4.71. The largest absolute Gasteiger partial charge is 0.486 e. The van der Waals surface area contributed by atoms with Gasteiger partial charge in [-0.3, -0.25) is 4.79 Å². The highest BCUT2D eigenvalue weighted by Gasteiger charge is 2.36. The van der Waals surface area contributed by atoms with E-state index in [1.807, 2.05) is 26.0 Å². The Hall–Kier alpha value is -3.58. The molecule has 1 aliphatic carbocycles. The predicted molar refractivity (Wildman–Crippen MR) is 149 cm³/mol. The number of H-pyrrole nitrogens is 1. The second-order valence-corrected chi connectivity index (χ2v) is 11.3. The SMILES string of the molecule is CC1(C)Cc2c(c(C(=O)Nc3ccc(C4CCCCC4)cc3)cc3[nH]c(Nc4c(F)cccc4Cl)nc23)O1. The van der Waals surface area contributed by atoms with Crippen LogP contribution >= 0.6 is 11.6 Å². The zero-order valence-corrected chi connectivity index (χ0v) is 22.2. The molecule has 2 aliphatic rings. The van der Waals surface area contributed by atoms with Crippen molar-refractivity contribution in [3.63, 3.8) is 0 Å². The molecule has 2 heterocycles. The molecule has 1 saturated carbocycles. The smallest absolute Gasteiger partial charge is 0.259 e. The molecule has 1 fully saturated rings. The number of carbonyl (C=O) groups is 1. The highest BCUT2D eigenvalue weighted by molar-refractivity contribution is 6.33. The maximum absolute atomic E-state index is 14.4. The van der Waals surface area contributed by atoms with Crippen molar-refractivity contribution in [2.75, 3.05) is 10.6 Å². The number of hydrogen-bond donors (Lipinski definition) is 3. The first-order chi connectivity index (χ1) is 18.3. The van der Waals surface area contributed by atoms with Gasteiger partial charge < -0.3 is 20.4 Å². The molecule has 1 amide bonds. The van der Waals surface area contributed by atoms with Crippen LogP contribution in [-0.2, 0) is 6.42 Å². The molecule has 0 bridgehead atoms. The molecule has 3 aromatic carbocycles. The lowest BCUT2D eigenvalue weighted by molar-refractivity contribution is 0.101. The number of nitrogens with one attached hydrogen (secondary N) is 3. The van der Waals surface area contributed by atoms with Crippen molar-refractivity contribution >= 4 is 45.9 Å². The minimum atomic E-state index is -0.491. The molecular formula is C30H30ClFN4O2. The van der Waals surface area contributed by atoms with Crippen LogP contribution in [0.3, 0.4) is 0 Å². The van der Waals surface area contributed by atoms with E-state index in [1.165, 1.54) is 43.7 Å². The number of aromatic amines is 1. The van der Waals surface area contributed by atoms with Crippen LogP contribution in [0.2, 0.25) is 5.02 Å². The minimum Gasteiger partial charge on any atom is -0.486 e. The fourth-order valence-corrected chi connectivity index (χ4v) is 5.87. The summed E-state index contributed by atoms with van der Waals surface area (Å²) in [5.41, 5.74) is 4.31. The van der Waals surface area contributed by atoms with E-state index in [4.69, 9.17) is 16.3 Å². The molecule has 38 heavy (non-hydrogen) atoms. The monoisotopic (exact) mass is 532 g/mol. The number of amides is 1. The van der Waals surface area contributed by atoms with E-state index in [0.29, 0.717) is 40.6 Å². The van der Waals surface area contributed by atoms with Gasteiger partial charge in [0.05, 0.1) is 27.3 Å². The van der Waals surface area contributed by atoms with E-state index >= 15 is 0 Å². The van der Waals surface area contributed by atoms with E-state index in [2.05, 4.69) is 32.7 Å². The lowest BCUT2D eigenvalue weighted by atomic mass is 9.84. The van der Waals surface area contributed by atoms with Crippen molar-refractivity contribution in [1.82, 2.24) is 9.97 Å². The zero-order chi connectivity index (χ0) is 26.4. The van der Waals surface area contributed by atoms with Crippen LogP contribution in [0, 0.1) is 5.82 Å². The van der Waals surface area contributed by atoms with Gasteiger partial charge in [-0.15, -0.1) is 0 Å². The van der Waals surface area contributed by atoms with Crippen LogP contribution in [0.15, 0.2) is 48.5 Å². The highest BCUT2D eigenvalue weighted by atomic mass is 35.5. The summed E-state index contributed by atoms with van der Waals surface area (Å²) in [6.07, 6.45) is 6.94. The summed E-state index contributed by atoms with van der Waals surface area (Å²) >= 11 is 6.19. The summed E-state index contributed by atoms with van der Waals surface area (Å²) in [5, 5.41) is 6.23. The van der Waals surface area contributed by atoms with E-state index < -0.39 is 11.4 Å². The normalized spacial score (nSPS) is 16.7. The molecule has 0 unspecified atom stereocenters. The van der Waals surface area contributed by atoms with Crippen LogP contribution in [0.5, 0.6) is 5.75 Å². The van der Waals surface area contributed by atoms with Gasteiger partial charge in [0.1, 0.15) is 17.2 Å². The molecule has 4 aromatic rings. The summed E-state index contributed by atoms with van der Waals surface area (Å²) in [7, 11) is 0. The van der Waals surface area contributed by atoms with Gasteiger partial charge in [-0.05, 0) is 68.5 Å². The van der Waals surface area contributed by atoms with Crippen LogP contribution in [0.4, 0.5) is 21.7 Å². The number of hydrogen-bond acceptors (Lipinski definition) is 4. The van der Waals surface area contributed by atoms with Gasteiger partial charge in [0.25, 0.3) is 5.91 Å². The molecule has 1 aliphatic heterocycles. The summed E-state index contributed by atoms with van der Waals surface area (Å²) in [5.74, 6) is 0.725. The molecular weight excluding hydrogens is 503 g/mol. The van der Waals surface area contributed by atoms with Crippen LogP contribution in [0.1, 0.15) is 73.4 Å². The van der Waals surface area contributed by atoms with Crippen LogP contribution in [-0.4, -0.2) is 21.5 Å². The molecule has 1 aromatic heterocycles. The Morgan fingerprint density at radius 2 is 1.89 bits per heavy atom. The Kier molecular flexibility index (Phi) is 6.26. The molecule has 0 atom stereocenters. The quantitative estimate of drug-likeness (QED) is 0.242. The third-order valence-corrected chi connectivity index (χ3v) is 7.82. The van der Waals surface area contributed by atoms with Gasteiger partial charge in [-0.25, -0.2) is 9.37 Å². The molecule has 196 valence electrons. The Bertz CT molecular complexity index is 1500. The average Bonchev–Trinajstić information content (AvgIpc) is 3.46. The van der Waals surface area contributed by atoms with Gasteiger partial charge in [0, 0.05) is 17.7 Å². The van der Waals surface area contributed by atoms with E-state index in [0.717, 1.165) is 11.3 Å². The standard InChI is InChI=1S/C30H30ClFN4O2/c1-30(2)16-21-25-24(34-29(35-25)36-26-22(31)9-6-10-23(26)32)15-20(27(21)38-30)28(37)33-19-13-11-18(12-14-19)17-7-4-3-5-8-17/h6,9-15,17H,3-5,7-8,16H2,1-2H3,(H,33,37)(H2,34,35,36). The number of ether oxygens (including phenoxy) is 1. The minimum absolute atomic E-state index is 0.135. The lowest BCUT2D eigenvalue weighted by Gasteiger charge is -2.22. The van der Waals surface area contributed by atoms with Gasteiger partial charge in [0.15, 0.2) is 0 Å². The number of rotatable bonds is 5. The number of benzene rings is 3. The number of anilines is 3. The van der Waals surface area contributed by atoms with Crippen molar-refractivity contribution in [2.45, 2.75) is 63.9 Å². The van der Waals surface area contributed by atoms with Crippen molar-refractivity contribution in [2.24, 2.45) is 0 Å². The molecule has 0 spiro atoms. The summed E-state index contributed by atoms with van der Waals surface area (Å²) in [6, 6.07) is 14.4. The van der Waals surface area contributed by atoms with Gasteiger partial charge in [0.2, 0.25) is 5.95 Å². The van der Waals surface area contributed by atoms with Crippen LogP contribution in [0.25, 0.3) is 11.0 Å². The highest BCUT2D eigenvalue weighted by Crippen LogP contribution is 2.43. The maximum atomic E-state index is 14.4. The summed E-state index contributed by atoms with van der Waals surface area (Å²) in [6.45, 7) is 3.96. The van der Waals surface area contributed by atoms with Crippen molar-refractivity contribution in [3.8, 4) is 5.75 Å². The van der Waals surface area contributed by atoms with Gasteiger partial charge in [-0.2, -0.15) is 0 Å². The second-order valence-electron chi connectivity index (χ2n) is 10.9. The number of aromatic nitrogens is 2. The number of imidazole rings is 1. The second kappa shape index (κ2) is 9.62. The first-order valence-electron chi connectivity index (χ1n) is 13.1. The molecule has 6 rings (SSSR count). The maximum Gasteiger partial charge on any atom is 0.259 e. The van der Waals surface area contributed by atoms with Crippen molar-refractivity contribution in [1.29, 1.82) is 0 Å². The topological polar surface area (TPSA) is 79.0 Å². The number of fused-ring (bicyclic) bond motifs is 3. The predicted octanol–water partition coefficient (Wildman–Crippen LogP) is 8.11. The van der Waals surface area contributed by atoms with E-state index in [-0.39, 0.29) is 16.6 Å². The number of para-hydroxylation sites is 1. The van der Waals surface area contributed by atoms with Crippen molar-refractivity contribution < 1.29 is 13.9 Å². The van der Waals surface area contributed by atoms with E-state index in [9.17, 15) is 9.18 Å². The van der Waals surface area contributed by atoms with Crippen LogP contribution < -0.4 is 15.4 Å². The van der Waals surface area contributed by atoms with Crippen molar-refractivity contribution in [3.05, 3.63) is 76.1 Å². The Morgan fingerprint density at radius 3 is 2.63 bits per heavy atom.